The summed E-state index contributed by atoms with van der Waals surface area (Å²) in [6, 6.07) is 5.84. The fourth-order valence-electron chi connectivity index (χ4n) is 1.51. The molecule has 0 aliphatic rings. The second-order valence-electron chi connectivity index (χ2n) is 3.87. The molecule has 0 bridgehead atoms. The molecule has 1 N–H and O–H groups in total. The second-order valence-corrected chi connectivity index (χ2v) is 6.50. The molecule has 0 saturated carbocycles. The number of carbonyl (C=O) groups excluding carboxylic acids is 1. The van der Waals surface area contributed by atoms with Gasteiger partial charge < -0.3 is 10.1 Å². The predicted octanol–water partition coefficient (Wildman–Crippen LogP) is 4.52. The summed E-state index contributed by atoms with van der Waals surface area (Å²) in [7, 11) is 0. The van der Waals surface area contributed by atoms with Gasteiger partial charge in [-0.1, -0.05) is 15.9 Å². The Morgan fingerprint density at radius 2 is 2.25 bits per heavy atom. The average Bonchev–Trinajstić information content (AvgIpc) is 2.80. The van der Waals surface area contributed by atoms with Crippen LogP contribution in [0.3, 0.4) is 0 Å². The molecule has 0 fully saturated rings. The molecule has 0 amide bonds. The van der Waals surface area contributed by atoms with Crippen LogP contribution in [0.1, 0.15) is 12.6 Å². The molecule has 7 heteroatoms. The Balaban J connectivity index is 2.04. The van der Waals surface area contributed by atoms with E-state index in [9.17, 15) is 4.79 Å². The van der Waals surface area contributed by atoms with E-state index in [4.69, 9.17) is 4.74 Å². The van der Waals surface area contributed by atoms with Crippen molar-refractivity contribution in [1.82, 2.24) is 4.98 Å². The van der Waals surface area contributed by atoms with E-state index in [1.54, 1.807) is 6.92 Å². The minimum absolute atomic E-state index is 0.202. The Hall–Kier alpha value is -0.920. The van der Waals surface area contributed by atoms with Crippen molar-refractivity contribution in [2.45, 2.75) is 13.3 Å². The number of esters is 1. The number of aromatic nitrogens is 1. The van der Waals surface area contributed by atoms with Crippen molar-refractivity contribution in [2.24, 2.45) is 0 Å². The third kappa shape index (κ3) is 4.29. The van der Waals surface area contributed by atoms with Crippen molar-refractivity contribution >= 4 is 60.0 Å². The van der Waals surface area contributed by atoms with Gasteiger partial charge in [0.05, 0.1) is 24.4 Å². The zero-order valence-electron chi connectivity index (χ0n) is 10.7. The highest BCUT2D eigenvalue weighted by Crippen LogP contribution is 2.30. The molecule has 0 radical (unpaired) electrons. The summed E-state index contributed by atoms with van der Waals surface area (Å²) in [4.78, 5) is 15.7. The second kappa shape index (κ2) is 7.19. The summed E-state index contributed by atoms with van der Waals surface area (Å²) >= 11 is 8.34. The normalized spacial score (nSPS) is 10.3. The quantitative estimate of drug-likeness (QED) is 0.724. The van der Waals surface area contributed by atoms with Gasteiger partial charge in [-0.25, -0.2) is 4.98 Å². The van der Waals surface area contributed by atoms with E-state index in [2.05, 4.69) is 42.2 Å². The van der Waals surface area contributed by atoms with E-state index in [-0.39, 0.29) is 12.4 Å². The lowest BCUT2D eigenvalue weighted by Crippen LogP contribution is -2.07. The molecule has 0 aliphatic carbocycles. The molecule has 2 aromatic rings. The number of anilines is 2. The van der Waals surface area contributed by atoms with Crippen LogP contribution in [0.15, 0.2) is 32.5 Å². The van der Waals surface area contributed by atoms with Crippen molar-refractivity contribution in [3.8, 4) is 0 Å². The van der Waals surface area contributed by atoms with Gasteiger partial charge in [0, 0.05) is 14.3 Å². The van der Waals surface area contributed by atoms with Crippen LogP contribution in [-0.2, 0) is 16.0 Å². The van der Waals surface area contributed by atoms with Gasteiger partial charge >= 0.3 is 5.97 Å². The Morgan fingerprint density at radius 1 is 1.45 bits per heavy atom. The standard InChI is InChI=1S/C13H12Br2N2O2S/c1-2-19-12(18)6-9-7-20-13(16-9)17-11-4-3-8(14)5-10(11)15/h3-5,7H,2,6H2,1H3,(H,16,17). The molecule has 20 heavy (non-hydrogen) atoms. The molecule has 4 nitrogen and oxygen atoms in total. The topological polar surface area (TPSA) is 51.2 Å². The smallest absolute Gasteiger partial charge is 0.311 e. The van der Waals surface area contributed by atoms with Crippen LogP contribution in [0.4, 0.5) is 10.8 Å². The highest BCUT2D eigenvalue weighted by Gasteiger charge is 2.09. The van der Waals surface area contributed by atoms with E-state index >= 15 is 0 Å². The number of hydrogen-bond donors (Lipinski definition) is 1. The van der Waals surface area contributed by atoms with Gasteiger partial charge in [-0.05, 0) is 41.1 Å². The van der Waals surface area contributed by atoms with Crippen molar-refractivity contribution in [3.63, 3.8) is 0 Å². The van der Waals surface area contributed by atoms with Gasteiger partial charge in [-0.3, -0.25) is 4.79 Å². The minimum Gasteiger partial charge on any atom is -0.466 e. The maximum absolute atomic E-state index is 11.4. The number of nitrogens with one attached hydrogen (secondary N) is 1. The summed E-state index contributed by atoms with van der Waals surface area (Å²) in [6.07, 6.45) is 0.202. The molecule has 1 aromatic carbocycles. The molecule has 2 rings (SSSR count). The number of rotatable bonds is 5. The summed E-state index contributed by atoms with van der Waals surface area (Å²) in [5.41, 5.74) is 1.63. The lowest BCUT2D eigenvalue weighted by Gasteiger charge is -2.05. The zero-order chi connectivity index (χ0) is 14.5. The van der Waals surface area contributed by atoms with Gasteiger partial charge in [-0.2, -0.15) is 0 Å². The number of carbonyl (C=O) groups is 1. The molecule has 1 heterocycles. The number of nitrogens with zero attached hydrogens (tertiary/aromatic N) is 1. The maximum Gasteiger partial charge on any atom is 0.311 e. The van der Waals surface area contributed by atoms with E-state index < -0.39 is 0 Å². The Morgan fingerprint density at radius 3 is 2.95 bits per heavy atom. The predicted molar refractivity (Wildman–Crippen MR) is 87.6 cm³/mol. The summed E-state index contributed by atoms with van der Waals surface area (Å²) in [5.74, 6) is -0.255. The van der Waals surface area contributed by atoms with Gasteiger partial charge in [0.15, 0.2) is 5.13 Å². The zero-order valence-corrected chi connectivity index (χ0v) is 14.6. The van der Waals surface area contributed by atoms with Crippen molar-refractivity contribution in [3.05, 3.63) is 38.2 Å². The van der Waals surface area contributed by atoms with Crippen molar-refractivity contribution in [2.75, 3.05) is 11.9 Å². The van der Waals surface area contributed by atoms with Crippen LogP contribution in [-0.4, -0.2) is 17.6 Å². The fraction of sp³-hybridized carbons (Fsp3) is 0.231. The van der Waals surface area contributed by atoms with Gasteiger partial charge in [0.1, 0.15) is 0 Å². The molecule has 0 unspecified atom stereocenters. The van der Waals surface area contributed by atoms with E-state index in [0.29, 0.717) is 12.3 Å². The molecule has 0 aliphatic heterocycles. The molecule has 106 valence electrons. The molecular formula is C13H12Br2N2O2S. The first-order chi connectivity index (χ1) is 9.58. The number of halogens is 2. The number of thiazole rings is 1. The van der Waals surface area contributed by atoms with Crippen LogP contribution in [0.2, 0.25) is 0 Å². The van der Waals surface area contributed by atoms with Crippen LogP contribution in [0.25, 0.3) is 0 Å². The SMILES string of the molecule is CCOC(=O)Cc1csc(Nc2ccc(Br)cc2Br)n1. The first-order valence-corrected chi connectivity index (χ1v) is 8.37. The summed E-state index contributed by atoms with van der Waals surface area (Å²) in [6.45, 7) is 2.18. The van der Waals surface area contributed by atoms with Gasteiger partial charge in [0.2, 0.25) is 0 Å². The lowest BCUT2D eigenvalue weighted by molar-refractivity contribution is -0.142. The van der Waals surface area contributed by atoms with E-state index in [0.717, 1.165) is 19.8 Å². The average molecular weight is 420 g/mol. The van der Waals surface area contributed by atoms with Gasteiger partial charge in [-0.15, -0.1) is 11.3 Å². The van der Waals surface area contributed by atoms with Gasteiger partial charge in [0.25, 0.3) is 0 Å². The van der Waals surface area contributed by atoms with Crippen LogP contribution < -0.4 is 5.32 Å². The van der Waals surface area contributed by atoms with E-state index in [1.165, 1.54) is 11.3 Å². The molecule has 0 saturated heterocycles. The third-order valence-electron chi connectivity index (χ3n) is 2.36. The first kappa shape index (κ1) is 15.5. The number of ether oxygens (including phenoxy) is 1. The highest BCUT2D eigenvalue weighted by molar-refractivity contribution is 9.11. The summed E-state index contributed by atoms with van der Waals surface area (Å²) in [5, 5.41) is 5.81. The molecule has 0 atom stereocenters. The number of benzene rings is 1. The van der Waals surface area contributed by atoms with Crippen molar-refractivity contribution in [1.29, 1.82) is 0 Å². The largest absolute Gasteiger partial charge is 0.466 e. The number of hydrogen-bond acceptors (Lipinski definition) is 5. The monoisotopic (exact) mass is 418 g/mol. The maximum atomic E-state index is 11.4. The molecule has 0 spiro atoms. The van der Waals surface area contributed by atoms with Crippen LogP contribution in [0, 0.1) is 0 Å². The highest BCUT2D eigenvalue weighted by atomic mass is 79.9. The first-order valence-electron chi connectivity index (χ1n) is 5.90. The molecular weight excluding hydrogens is 408 g/mol. The van der Waals surface area contributed by atoms with Crippen LogP contribution >= 0.6 is 43.2 Å². The van der Waals surface area contributed by atoms with Crippen LogP contribution in [0.5, 0.6) is 0 Å². The minimum atomic E-state index is -0.255. The summed E-state index contributed by atoms with van der Waals surface area (Å²) < 4.78 is 6.83. The third-order valence-corrected chi connectivity index (χ3v) is 4.31. The lowest BCUT2D eigenvalue weighted by atomic mass is 10.3. The fourth-order valence-corrected chi connectivity index (χ4v) is 3.38. The van der Waals surface area contributed by atoms with Crippen molar-refractivity contribution < 1.29 is 9.53 Å². The van der Waals surface area contributed by atoms with E-state index in [1.807, 2.05) is 23.6 Å². The Kier molecular flexibility index (Phi) is 5.56. The Bertz CT molecular complexity index is 616. The molecule has 1 aromatic heterocycles. The Labute approximate surface area is 137 Å².